The van der Waals surface area contributed by atoms with E-state index in [1.54, 1.807) is 0 Å². The molecule has 0 radical (unpaired) electrons. The van der Waals surface area contributed by atoms with Crippen LogP contribution in [-0.2, 0) is 6.54 Å². The molecule has 0 aliphatic heterocycles. The molecule has 3 heteroatoms. The first-order valence-electron chi connectivity index (χ1n) is 6.53. The van der Waals surface area contributed by atoms with Crippen molar-refractivity contribution >= 4 is 10.8 Å². The Bertz CT molecular complexity index is 494. The van der Waals surface area contributed by atoms with Crippen molar-refractivity contribution in [2.45, 2.75) is 13.0 Å². The third kappa shape index (κ3) is 5.55. The predicted molar refractivity (Wildman–Crippen MR) is 83.7 cm³/mol. The molecule has 0 bridgehead atoms. The van der Waals surface area contributed by atoms with Crippen LogP contribution in [0.1, 0.15) is 12.0 Å². The SMILES string of the molecule is C=CN.NCCCNCc1ccc2ccccc2c1. The Morgan fingerprint density at radius 1 is 1.11 bits per heavy atom. The van der Waals surface area contributed by atoms with Crippen LogP contribution < -0.4 is 16.8 Å². The third-order valence-corrected chi connectivity index (χ3v) is 2.70. The van der Waals surface area contributed by atoms with Crippen LogP contribution >= 0.6 is 0 Å². The molecule has 0 saturated carbocycles. The molecule has 0 atom stereocenters. The van der Waals surface area contributed by atoms with E-state index in [4.69, 9.17) is 5.73 Å². The molecular formula is C16H23N3. The normalized spacial score (nSPS) is 9.74. The molecule has 2 rings (SSSR count). The van der Waals surface area contributed by atoms with Gasteiger partial charge in [0.1, 0.15) is 0 Å². The third-order valence-electron chi connectivity index (χ3n) is 2.70. The summed E-state index contributed by atoms with van der Waals surface area (Å²) < 4.78 is 0. The van der Waals surface area contributed by atoms with Gasteiger partial charge in [-0.25, -0.2) is 0 Å². The largest absolute Gasteiger partial charge is 0.405 e. The fourth-order valence-corrected chi connectivity index (χ4v) is 1.81. The fraction of sp³-hybridized carbons (Fsp3) is 0.250. The topological polar surface area (TPSA) is 64.1 Å². The Hall–Kier alpha value is -1.84. The quantitative estimate of drug-likeness (QED) is 0.721. The van der Waals surface area contributed by atoms with Crippen LogP contribution in [0.25, 0.3) is 10.8 Å². The smallest absolute Gasteiger partial charge is 0.0205 e. The summed E-state index contributed by atoms with van der Waals surface area (Å²) in [6.45, 7) is 5.80. The molecule has 19 heavy (non-hydrogen) atoms. The number of hydrogen-bond acceptors (Lipinski definition) is 3. The highest BCUT2D eigenvalue weighted by Gasteiger charge is 1.95. The molecule has 2 aromatic carbocycles. The van der Waals surface area contributed by atoms with E-state index in [1.807, 2.05) is 0 Å². The molecule has 0 aromatic heterocycles. The molecule has 0 aliphatic rings. The molecule has 2 aromatic rings. The molecule has 0 spiro atoms. The van der Waals surface area contributed by atoms with Crippen molar-refractivity contribution in [3.63, 3.8) is 0 Å². The second kappa shape index (κ2) is 9.14. The number of hydrogen-bond donors (Lipinski definition) is 3. The van der Waals surface area contributed by atoms with Crippen LogP contribution in [-0.4, -0.2) is 13.1 Å². The first-order chi connectivity index (χ1) is 9.31. The van der Waals surface area contributed by atoms with E-state index in [1.165, 1.54) is 22.5 Å². The molecule has 0 aliphatic carbocycles. The van der Waals surface area contributed by atoms with E-state index in [0.717, 1.165) is 26.1 Å². The Morgan fingerprint density at radius 3 is 2.47 bits per heavy atom. The van der Waals surface area contributed by atoms with Gasteiger partial charge in [-0.2, -0.15) is 0 Å². The average Bonchev–Trinajstić information content (AvgIpc) is 2.44. The van der Waals surface area contributed by atoms with Crippen LogP contribution in [0.3, 0.4) is 0 Å². The van der Waals surface area contributed by atoms with Crippen molar-refractivity contribution in [2.75, 3.05) is 13.1 Å². The van der Waals surface area contributed by atoms with Crippen molar-refractivity contribution in [2.24, 2.45) is 11.5 Å². The van der Waals surface area contributed by atoms with Gasteiger partial charge in [-0.1, -0.05) is 43.0 Å². The Balaban J connectivity index is 0.000000550. The Labute approximate surface area is 115 Å². The first-order valence-corrected chi connectivity index (χ1v) is 6.53. The maximum Gasteiger partial charge on any atom is 0.0205 e. The molecule has 0 unspecified atom stereocenters. The van der Waals surface area contributed by atoms with Gasteiger partial charge >= 0.3 is 0 Å². The van der Waals surface area contributed by atoms with Crippen molar-refractivity contribution < 1.29 is 0 Å². The van der Waals surface area contributed by atoms with Gasteiger partial charge in [-0.05, 0) is 48.1 Å². The minimum absolute atomic E-state index is 0.755. The monoisotopic (exact) mass is 257 g/mol. The van der Waals surface area contributed by atoms with E-state index in [2.05, 4.69) is 60.1 Å². The molecule has 0 heterocycles. The molecule has 0 saturated heterocycles. The standard InChI is InChI=1S/C14H18N2.C2H5N/c15-8-3-9-16-11-12-6-7-13-4-1-2-5-14(13)10-12;1-2-3/h1-2,4-7,10,16H,3,8-9,11,15H2;2H,1,3H2. The highest BCUT2D eigenvalue weighted by Crippen LogP contribution is 2.15. The summed E-state index contributed by atoms with van der Waals surface area (Å²) in [4.78, 5) is 0. The van der Waals surface area contributed by atoms with Gasteiger partial charge in [0.05, 0.1) is 0 Å². The van der Waals surface area contributed by atoms with Crippen LogP contribution in [0.15, 0.2) is 55.2 Å². The van der Waals surface area contributed by atoms with E-state index < -0.39 is 0 Å². The van der Waals surface area contributed by atoms with Crippen molar-refractivity contribution in [3.8, 4) is 0 Å². The fourth-order valence-electron chi connectivity index (χ4n) is 1.81. The summed E-state index contributed by atoms with van der Waals surface area (Å²) in [5.74, 6) is 0. The van der Waals surface area contributed by atoms with E-state index in [-0.39, 0.29) is 0 Å². The van der Waals surface area contributed by atoms with E-state index in [9.17, 15) is 0 Å². The van der Waals surface area contributed by atoms with E-state index in [0.29, 0.717) is 0 Å². The number of nitrogens with two attached hydrogens (primary N) is 2. The van der Waals surface area contributed by atoms with Crippen LogP contribution in [0.2, 0.25) is 0 Å². The lowest BCUT2D eigenvalue weighted by molar-refractivity contribution is 0.656. The van der Waals surface area contributed by atoms with Gasteiger partial charge in [0.25, 0.3) is 0 Å². The summed E-state index contributed by atoms with van der Waals surface area (Å²) in [5.41, 5.74) is 11.4. The van der Waals surface area contributed by atoms with Crippen molar-refractivity contribution in [1.82, 2.24) is 5.32 Å². The lowest BCUT2D eigenvalue weighted by Crippen LogP contribution is -2.17. The van der Waals surface area contributed by atoms with Crippen LogP contribution in [0.5, 0.6) is 0 Å². The zero-order valence-electron chi connectivity index (χ0n) is 11.3. The van der Waals surface area contributed by atoms with Gasteiger partial charge in [-0.3, -0.25) is 0 Å². The summed E-state index contributed by atoms with van der Waals surface area (Å²) in [6.07, 6.45) is 2.29. The van der Waals surface area contributed by atoms with Crippen molar-refractivity contribution in [1.29, 1.82) is 0 Å². The maximum absolute atomic E-state index is 5.44. The lowest BCUT2D eigenvalue weighted by Gasteiger charge is -2.05. The molecule has 3 nitrogen and oxygen atoms in total. The highest BCUT2D eigenvalue weighted by atomic mass is 14.8. The number of rotatable bonds is 5. The van der Waals surface area contributed by atoms with E-state index >= 15 is 0 Å². The number of benzene rings is 2. The molecular weight excluding hydrogens is 234 g/mol. The summed E-state index contributed by atoms with van der Waals surface area (Å²) in [5, 5.41) is 5.99. The second-order valence-electron chi connectivity index (χ2n) is 4.24. The lowest BCUT2D eigenvalue weighted by atomic mass is 10.1. The predicted octanol–water partition coefficient (Wildman–Crippen LogP) is 2.37. The highest BCUT2D eigenvalue weighted by molar-refractivity contribution is 5.82. The van der Waals surface area contributed by atoms with Gasteiger partial charge < -0.3 is 16.8 Å². The van der Waals surface area contributed by atoms with Crippen molar-refractivity contribution in [3.05, 3.63) is 60.8 Å². The van der Waals surface area contributed by atoms with Gasteiger partial charge in [0.15, 0.2) is 0 Å². The summed E-state index contributed by atoms with van der Waals surface area (Å²) in [7, 11) is 0. The van der Waals surface area contributed by atoms with Crippen LogP contribution in [0, 0.1) is 0 Å². The molecule has 102 valence electrons. The molecule has 5 N–H and O–H groups in total. The molecule has 0 fully saturated rings. The summed E-state index contributed by atoms with van der Waals surface area (Å²) >= 11 is 0. The second-order valence-corrected chi connectivity index (χ2v) is 4.24. The van der Waals surface area contributed by atoms with Gasteiger partial charge in [-0.15, -0.1) is 0 Å². The van der Waals surface area contributed by atoms with Gasteiger partial charge in [0.2, 0.25) is 0 Å². The summed E-state index contributed by atoms with van der Waals surface area (Å²) in [6, 6.07) is 15.0. The average molecular weight is 257 g/mol. The molecule has 0 amide bonds. The van der Waals surface area contributed by atoms with Crippen LogP contribution in [0.4, 0.5) is 0 Å². The zero-order chi connectivity index (χ0) is 13.9. The zero-order valence-corrected chi connectivity index (χ0v) is 11.3. The number of nitrogens with one attached hydrogen (secondary N) is 1. The first kappa shape index (κ1) is 15.2. The Kier molecular flexibility index (Phi) is 7.32. The van der Waals surface area contributed by atoms with Gasteiger partial charge in [0, 0.05) is 6.54 Å². The maximum atomic E-state index is 5.44. The number of fused-ring (bicyclic) bond motifs is 1. The minimum Gasteiger partial charge on any atom is -0.405 e. The minimum atomic E-state index is 0.755. The Morgan fingerprint density at radius 2 is 1.79 bits per heavy atom.